The molecule has 2 aromatic carbocycles. The highest BCUT2D eigenvalue weighted by molar-refractivity contribution is 7.89. The van der Waals surface area contributed by atoms with E-state index in [1.165, 1.54) is 9.87 Å². The van der Waals surface area contributed by atoms with E-state index in [4.69, 9.17) is 4.74 Å². The summed E-state index contributed by atoms with van der Waals surface area (Å²) in [6.07, 6.45) is 0.985. The number of nitrogens with one attached hydrogen (secondary N) is 1. The molecule has 1 amide bonds. The summed E-state index contributed by atoms with van der Waals surface area (Å²) < 4.78 is 32.6. The summed E-state index contributed by atoms with van der Waals surface area (Å²) in [5, 5.41) is 5.22. The van der Waals surface area contributed by atoms with E-state index < -0.39 is 10.0 Å². The van der Waals surface area contributed by atoms with Crippen LogP contribution >= 0.6 is 11.3 Å². The van der Waals surface area contributed by atoms with Crippen molar-refractivity contribution in [3.05, 3.63) is 82.0 Å². The average Bonchev–Trinajstić information content (AvgIpc) is 3.38. The van der Waals surface area contributed by atoms with Gasteiger partial charge in [0.25, 0.3) is 0 Å². The molecular weight excluding hydrogens is 456 g/mol. The molecule has 4 rings (SSSR count). The molecule has 33 heavy (non-hydrogen) atoms. The van der Waals surface area contributed by atoms with Crippen LogP contribution in [0.15, 0.2) is 70.9 Å². The molecule has 1 aliphatic rings. The van der Waals surface area contributed by atoms with Crippen molar-refractivity contribution in [3.8, 4) is 5.75 Å². The van der Waals surface area contributed by atoms with E-state index in [2.05, 4.69) is 5.32 Å². The van der Waals surface area contributed by atoms with E-state index in [0.29, 0.717) is 31.7 Å². The van der Waals surface area contributed by atoms with E-state index in [1.54, 1.807) is 42.7 Å². The Hall–Kier alpha value is -2.68. The van der Waals surface area contributed by atoms with Crippen molar-refractivity contribution in [2.24, 2.45) is 5.92 Å². The highest BCUT2D eigenvalue weighted by Gasteiger charge is 2.33. The summed E-state index contributed by atoms with van der Waals surface area (Å²) in [5.74, 6) is 0.355. The second kappa shape index (κ2) is 10.1. The minimum absolute atomic E-state index is 0.0320. The van der Waals surface area contributed by atoms with E-state index in [-0.39, 0.29) is 22.8 Å². The third kappa shape index (κ3) is 5.29. The number of methoxy groups -OCH3 is 1. The Morgan fingerprint density at radius 1 is 1.06 bits per heavy atom. The van der Waals surface area contributed by atoms with Crippen molar-refractivity contribution >= 4 is 27.3 Å². The molecule has 1 aromatic heterocycles. The zero-order valence-electron chi connectivity index (χ0n) is 18.7. The normalized spacial score (nSPS) is 16.3. The molecule has 2 heterocycles. The highest BCUT2D eigenvalue weighted by atomic mass is 32.2. The van der Waals surface area contributed by atoms with Crippen molar-refractivity contribution in [1.29, 1.82) is 0 Å². The lowest BCUT2D eigenvalue weighted by atomic mass is 9.95. The first kappa shape index (κ1) is 23.5. The third-order valence-corrected chi connectivity index (χ3v) is 8.90. The molecule has 0 unspecified atom stereocenters. The zero-order chi connectivity index (χ0) is 23.4. The van der Waals surface area contributed by atoms with Crippen LogP contribution in [0.3, 0.4) is 0 Å². The molecule has 0 bridgehead atoms. The Labute approximate surface area is 199 Å². The minimum atomic E-state index is -3.59. The smallest absolute Gasteiger partial charge is 0.243 e. The number of thiophene rings is 1. The van der Waals surface area contributed by atoms with Gasteiger partial charge in [0.05, 0.1) is 18.0 Å². The summed E-state index contributed by atoms with van der Waals surface area (Å²) in [7, 11) is -2.05. The van der Waals surface area contributed by atoms with Crippen LogP contribution < -0.4 is 10.1 Å². The summed E-state index contributed by atoms with van der Waals surface area (Å²) in [4.78, 5) is 14.5. The third-order valence-electron chi connectivity index (χ3n) is 6.05. The van der Waals surface area contributed by atoms with Crippen LogP contribution in [-0.4, -0.2) is 38.8 Å². The number of amides is 1. The number of aryl methyl sites for hydroxylation is 1. The van der Waals surface area contributed by atoms with Gasteiger partial charge in [0, 0.05) is 23.9 Å². The van der Waals surface area contributed by atoms with Crippen molar-refractivity contribution in [3.63, 3.8) is 0 Å². The van der Waals surface area contributed by atoms with Gasteiger partial charge in [0.1, 0.15) is 5.75 Å². The van der Waals surface area contributed by atoms with Gasteiger partial charge in [-0.1, -0.05) is 35.9 Å². The first-order chi connectivity index (χ1) is 15.9. The SMILES string of the molecule is COc1ccc(S(=O)(=O)N2CCC(C(=O)N[C@@H](c3ccc(C)cc3)c3cccs3)CC2)cc1. The molecule has 6 nitrogen and oxygen atoms in total. The van der Waals surface area contributed by atoms with Crippen molar-refractivity contribution in [2.45, 2.75) is 30.7 Å². The van der Waals surface area contributed by atoms with Crippen LogP contribution in [0.2, 0.25) is 0 Å². The number of nitrogens with zero attached hydrogens (tertiary/aromatic N) is 1. The van der Waals surface area contributed by atoms with Crippen molar-refractivity contribution in [1.82, 2.24) is 9.62 Å². The maximum atomic E-state index is 13.2. The van der Waals surface area contributed by atoms with Crippen LogP contribution in [0.5, 0.6) is 5.75 Å². The first-order valence-corrected chi connectivity index (χ1v) is 13.2. The molecule has 0 saturated carbocycles. The molecule has 1 fully saturated rings. The van der Waals surface area contributed by atoms with Crippen LogP contribution in [0.25, 0.3) is 0 Å². The molecule has 1 atom stereocenters. The lowest BCUT2D eigenvalue weighted by Crippen LogP contribution is -2.43. The number of benzene rings is 2. The topological polar surface area (TPSA) is 75.7 Å². The minimum Gasteiger partial charge on any atom is -0.497 e. The number of ether oxygens (including phenoxy) is 1. The van der Waals surface area contributed by atoms with Crippen LogP contribution in [0.1, 0.15) is 34.9 Å². The van der Waals surface area contributed by atoms with Gasteiger partial charge in [-0.3, -0.25) is 4.79 Å². The Morgan fingerprint density at radius 3 is 2.30 bits per heavy atom. The van der Waals surface area contributed by atoms with Crippen molar-refractivity contribution < 1.29 is 17.9 Å². The van der Waals surface area contributed by atoms with Crippen molar-refractivity contribution in [2.75, 3.05) is 20.2 Å². The number of piperidine rings is 1. The number of hydrogen-bond acceptors (Lipinski definition) is 5. The lowest BCUT2D eigenvalue weighted by molar-refractivity contribution is -0.126. The molecule has 8 heteroatoms. The van der Waals surface area contributed by atoms with Crippen LogP contribution in [0, 0.1) is 12.8 Å². The summed E-state index contributed by atoms with van der Waals surface area (Å²) in [6, 6.07) is 18.4. The maximum Gasteiger partial charge on any atom is 0.243 e. The van der Waals surface area contributed by atoms with Gasteiger partial charge in [0.15, 0.2) is 0 Å². The van der Waals surface area contributed by atoms with Gasteiger partial charge in [-0.2, -0.15) is 4.31 Å². The van der Waals surface area contributed by atoms with Crippen LogP contribution in [-0.2, 0) is 14.8 Å². The monoisotopic (exact) mass is 484 g/mol. The predicted octanol–water partition coefficient (Wildman–Crippen LogP) is 4.37. The Kier molecular flexibility index (Phi) is 7.17. The van der Waals surface area contributed by atoms with Crippen LogP contribution in [0.4, 0.5) is 0 Å². The second-order valence-corrected chi connectivity index (χ2v) is 11.1. The first-order valence-electron chi connectivity index (χ1n) is 10.9. The molecule has 1 saturated heterocycles. The van der Waals surface area contributed by atoms with E-state index >= 15 is 0 Å². The number of hydrogen-bond donors (Lipinski definition) is 1. The average molecular weight is 485 g/mol. The molecular formula is C25H28N2O4S2. The van der Waals surface area contributed by atoms with E-state index in [9.17, 15) is 13.2 Å². The van der Waals surface area contributed by atoms with Gasteiger partial charge < -0.3 is 10.1 Å². The van der Waals surface area contributed by atoms with Gasteiger partial charge >= 0.3 is 0 Å². The lowest BCUT2D eigenvalue weighted by Gasteiger charge is -2.31. The second-order valence-electron chi connectivity index (χ2n) is 8.22. The molecule has 0 spiro atoms. The standard InChI is InChI=1S/C25H28N2O4S2/c1-18-5-7-19(8-6-18)24(23-4-3-17-32-23)26-25(28)20-13-15-27(16-14-20)33(29,30)22-11-9-21(31-2)10-12-22/h3-12,17,20,24H,13-16H2,1-2H3,(H,26,28)/t24-/m0/s1. The van der Waals surface area contributed by atoms with E-state index in [1.807, 2.05) is 48.7 Å². The Bertz CT molecular complexity index is 1170. The highest BCUT2D eigenvalue weighted by Crippen LogP contribution is 2.29. The van der Waals surface area contributed by atoms with E-state index in [0.717, 1.165) is 10.4 Å². The maximum absolute atomic E-state index is 13.2. The molecule has 3 aromatic rings. The largest absolute Gasteiger partial charge is 0.497 e. The zero-order valence-corrected chi connectivity index (χ0v) is 20.4. The molecule has 174 valence electrons. The quantitative estimate of drug-likeness (QED) is 0.540. The molecule has 0 aliphatic carbocycles. The fraction of sp³-hybridized carbons (Fsp3) is 0.320. The Morgan fingerprint density at radius 2 is 1.73 bits per heavy atom. The molecule has 1 aliphatic heterocycles. The Balaban J connectivity index is 1.42. The van der Waals surface area contributed by atoms with Gasteiger partial charge in [0.2, 0.25) is 15.9 Å². The number of sulfonamides is 1. The van der Waals surface area contributed by atoms with Gasteiger partial charge in [-0.05, 0) is 61.0 Å². The fourth-order valence-corrected chi connectivity index (χ4v) is 6.32. The molecule has 0 radical (unpaired) electrons. The van der Waals surface area contributed by atoms with Gasteiger partial charge in [-0.25, -0.2) is 8.42 Å². The summed E-state index contributed by atoms with van der Waals surface area (Å²) >= 11 is 1.61. The number of carbonyl (C=O) groups is 1. The number of carbonyl (C=O) groups excluding carboxylic acids is 1. The fourth-order valence-electron chi connectivity index (χ4n) is 4.05. The van der Waals surface area contributed by atoms with Gasteiger partial charge in [-0.15, -0.1) is 11.3 Å². The molecule has 1 N–H and O–H groups in total. The summed E-state index contributed by atoms with van der Waals surface area (Å²) in [5.41, 5.74) is 2.20. The number of rotatable bonds is 7. The predicted molar refractivity (Wildman–Crippen MR) is 130 cm³/mol. The summed E-state index contributed by atoms with van der Waals surface area (Å²) in [6.45, 7) is 2.68.